The van der Waals surface area contributed by atoms with Crippen molar-refractivity contribution >= 4 is 29.2 Å². The summed E-state index contributed by atoms with van der Waals surface area (Å²) in [6.45, 7) is 8.03. The van der Waals surface area contributed by atoms with Crippen LogP contribution in [0.25, 0.3) is 22.3 Å². The molecule has 0 radical (unpaired) electrons. The lowest BCUT2D eigenvalue weighted by Crippen LogP contribution is -2.45. The van der Waals surface area contributed by atoms with Gasteiger partial charge in [-0.25, -0.2) is 19.9 Å². The van der Waals surface area contributed by atoms with E-state index in [1.54, 1.807) is 6.20 Å². The molecule has 0 atom stereocenters. The van der Waals surface area contributed by atoms with Gasteiger partial charge in [-0.2, -0.15) is 0 Å². The van der Waals surface area contributed by atoms with Gasteiger partial charge in [0.25, 0.3) is 0 Å². The number of nitrogens with zero attached hydrogens (tertiary/aromatic N) is 6. The predicted octanol–water partition coefficient (Wildman–Crippen LogP) is 3.05. The van der Waals surface area contributed by atoms with Crippen molar-refractivity contribution in [2.24, 2.45) is 0 Å². The quantitative estimate of drug-likeness (QED) is 0.443. The Kier molecular flexibility index (Phi) is 5.70. The van der Waals surface area contributed by atoms with E-state index >= 15 is 0 Å². The van der Waals surface area contributed by atoms with Gasteiger partial charge in [0.05, 0.1) is 16.7 Å². The summed E-state index contributed by atoms with van der Waals surface area (Å²) < 4.78 is 0. The summed E-state index contributed by atoms with van der Waals surface area (Å²) in [5.41, 5.74) is 5.95. The van der Waals surface area contributed by atoms with Crippen LogP contribution in [0.1, 0.15) is 17.0 Å². The second kappa shape index (κ2) is 8.95. The van der Waals surface area contributed by atoms with E-state index in [1.807, 2.05) is 49.2 Å². The molecule has 9 heteroatoms. The Morgan fingerprint density at radius 2 is 1.91 bits per heavy atom. The van der Waals surface area contributed by atoms with E-state index in [1.165, 1.54) is 5.56 Å². The molecule has 0 saturated carbocycles. The number of amides is 1. The first kappa shape index (κ1) is 21.0. The van der Waals surface area contributed by atoms with E-state index in [0.717, 1.165) is 78.6 Å². The lowest BCUT2D eigenvalue weighted by molar-refractivity contribution is -0.119. The summed E-state index contributed by atoms with van der Waals surface area (Å²) in [6.07, 6.45) is 4.58. The topological polar surface area (TPSA) is 103 Å². The van der Waals surface area contributed by atoms with Crippen LogP contribution in [0.15, 0.2) is 42.7 Å². The molecule has 0 bridgehead atoms. The molecule has 1 aliphatic rings. The molecule has 33 heavy (non-hydrogen) atoms. The van der Waals surface area contributed by atoms with Gasteiger partial charge < -0.3 is 15.2 Å². The molecule has 1 amide bonds. The van der Waals surface area contributed by atoms with Gasteiger partial charge >= 0.3 is 0 Å². The van der Waals surface area contributed by atoms with Gasteiger partial charge in [0.1, 0.15) is 11.6 Å². The van der Waals surface area contributed by atoms with Gasteiger partial charge in [-0.05, 0) is 49.2 Å². The van der Waals surface area contributed by atoms with Crippen LogP contribution in [0.2, 0.25) is 0 Å². The van der Waals surface area contributed by atoms with Crippen LogP contribution in [0.4, 0.5) is 11.8 Å². The van der Waals surface area contributed by atoms with Crippen LogP contribution >= 0.6 is 0 Å². The minimum atomic E-state index is 0.641. The zero-order valence-corrected chi connectivity index (χ0v) is 18.7. The molecule has 4 heterocycles. The summed E-state index contributed by atoms with van der Waals surface area (Å²) in [4.78, 5) is 36.4. The van der Waals surface area contributed by atoms with Crippen LogP contribution in [0, 0.1) is 13.8 Å². The van der Waals surface area contributed by atoms with E-state index in [2.05, 4.69) is 41.2 Å². The molecule has 0 spiro atoms. The molecule has 168 valence electrons. The molecule has 0 unspecified atom stereocenters. The number of aromatic amines is 1. The van der Waals surface area contributed by atoms with Gasteiger partial charge in [-0.15, -0.1) is 0 Å². The maximum absolute atomic E-state index is 10.9. The number of hydrogen-bond donors (Lipinski definition) is 2. The number of aryl methyl sites for hydroxylation is 2. The molecular formula is C24H26N8O. The number of aromatic nitrogens is 5. The smallest absolute Gasteiger partial charge is 0.209 e. The van der Waals surface area contributed by atoms with Gasteiger partial charge in [-0.3, -0.25) is 9.69 Å². The highest BCUT2D eigenvalue weighted by atomic mass is 16.1. The Morgan fingerprint density at radius 3 is 2.73 bits per heavy atom. The Bertz CT molecular complexity index is 1290. The largest absolute Gasteiger partial charge is 0.343 e. The van der Waals surface area contributed by atoms with Crippen molar-refractivity contribution in [3.63, 3.8) is 0 Å². The summed E-state index contributed by atoms with van der Waals surface area (Å²) in [6, 6.07) is 10.1. The molecule has 0 aliphatic carbocycles. The molecule has 1 aromatic carbocycles. The van der Waals surface area contributed by atoms with E-state index in [4.69, 9.17) is 0 Å². The van der Waals surface area contributed by atoms with Crippen molar-refractivity contribution in [1.29, 1.82) is 0 Å². The maximum atomic E-state index is 10.9. The minimum absolute atomic E-state index is 0.641. The highest BCUT2D eigenvalue weighted by Gasteiger charge is 2.16. The number of H-pyrrole nitrogens is 1. The van der Waals surface area contributed by atoms with E-state index in [9.17, 15) is 4.79 Å². The summed E-state index contributed by atoms with van der Waals surface area (Å²) >= 11 is 0. The number of carbonyl (C=O) groups excluding carboxylic acids is 1. The van der Waals surface area contributed by atoms with Crippen molar-refractivity contribution in [3.05, 3.63) is 59.7 Å². The number of hydrogen-bond acceptors (Lipinski definition) is 7. The molecule has 2 N–H and O–H groups in total. The van der Waals surface area contributed by atoms with Crippen molar-refractivity contribution < 1.29 is 4.79 Å². The molecule has 9 nitrogen and oxygen atoms in total. The summed E-state index contributed by atoms with van der Waals surface area (Å²) in [5.74, 6) is 2.13. The van der Waals surface area contributed by atoms with Crippen molar-refractivity contribution in [1.82, 2.24) is 34.7 Å². The number of benzene rings is 1. The number of pyridine rings is 1. The van der Waals surface area contributed by atoms with E-state index in [-0.39, 0.29) is 0 Å². The molecular weight excluding hydrogens is 416 g/mol. The second-order valence-corrected chi connectivity index (χ2v) is 8.36. The van der Waals surface area contributed by atoms with Crippen LogP contribution in [-0.2, 0) is 11.3 Å². The van der Waals surface area contributed by atoms with Crippen LogP contribution in [0.5, 0.6) is 0 Å². The zero-order valence-electron chi connectivity index (χ0n) is 18.7. The molecule has 1 fully saturated rings. The van der Waals surface area contributed by atoms with Crippen LogP contribution < -0.4 is 5.32 Å². The third kappa shape index (κ3) is 4.68. The molecule has 5 rings (SSSR count). The lowest BCUT2D eigenvalue weighted by atomic mass is 10.1. The molecule has 1 saturated heterocycles. The van der Waals surface area contributed by atoms with Crippen molar-refractivity contribution in [2.75, 3.05) is 31.5 Å². The zero-order chi connectivity index (χ0) is 22.8. The first-order valence-corrected chi connectivity index (χ1v) is 11.0. The van der Waals surface area contributed by atoms with Crippen LogP contribution in [-0.4, -0.2) is 67.3 Å². The number of fused-ring (bicyclic) bond motifs is 1. The second-order valence-electron chi connectivity index (χ2n) is 8.36. The van der Waals surface area contributed by atoms with E-state index in [0.29, 0.717) is 5.95 Å². The summed E-state index contributed by atoms with van der Waals surface area (Å²) in [7, 11) is 0. The Balaban J connectivity index is 1.32. The lowest BCUT2D eigenvalue weighted by Gasteiger charge is -2.32. The summed E-state index contributed by atoms with van der Waals surface area (Å²) in [5, 5.41) is 3.29. The number of carbonyl (C=O) groups is 1. The monoisotopic (exact) mass is 442 g/mol. The van der Waals surface area contributed by atoms with Crippen molar-refractivity contribution in [3.8, 4) is 11.3 Å². The highest BCUT2D eigenvalue weighted by Crippen LogP contribution is 2.26. The molecule has 4 aromatic rings. The number of piperazine rings is 1. The predicted molar refractivity (Wildman–Crippen MR) is 127 cm³/mol. The fraction of sp³-hybridized carbons (Fsp3) is 0.292. The number of imidazole rings is 1. The Hall–Kier alpha value is -3.85. The normalized spacial score (nSPS) is 14.5. The Labute approximate surface area is 191 Å². The first-order chi connectivity index (χ1) is 16.1. The highest BCUT2D eigenvalue weighted by molar-refractivity contribution is 5.83. The molecule has 1 aliphatic heterocycles. The molecule has 3 aromatic heterocycles. The van der Waals surface area contributed by atoms with Crippen LogP contribution in [0.3, 0.4) is 0 Å². The fourth-order valence-electron chi connectivity index (χ4n) is 4.09. The maximum Gasteiger partial charge on any atom is 0.209 e. The SMILES string of the molecule is Cc1ncc(C)c(-c2ccc3nc(Nc4cc(CN5CCN(C=O)CC5)ccn4)[nH]c3c2)n1. The van der Waals surface area contributed by atoms with E-state index < -0.39 is 0 Å². The van der Waals surface area contributed by atoms with Gasteiger partial charge in [0, 0.05) is 50.7 Å². The average Bonchev–Trinajstić information content (AvgIpc) is 3.23. The number of nitrogens with one attached hydrogen (secondary N) is 2. The third-order valence-electron chi connectivity index (χ3n) is 5.88. The Morgan fingerprint density at radius 1 is 1.06 bits per heavy atom. The number of rotatable bonds is 6. The fourth-order valence-corrected chi connectivity index (χ4v) is 4.09. The minimum Gasteiger partial charge on any atom is -0.343 e. The van der Waals surface area contributed by atoms with Gasteiger partial charge in [0.2, 0.25) is 12.4 Å². The van der Waals surface area contributed by atoms with Gasteiger partial charge in [0.15, 0.2) is 0 Å². The number of anilines is 2. The first-order valence-electron chi connectivity index (χ1n) is 11.0. The van der Waals surface area contributed by atoms with Crippen molar-refractivity contribution in [2.45, 2.75) is 20.4 Å². The third-order valence-corrected chi connectivity index (χ3v) is 5.88. The standard InChI is InChI=1S/C24H26N8O/c1-16-13-26-17(2)27-23(16)19-3-4-20-21(12-19)29-24(28-20)30-22-11-18(5-6-25-22)14-31-7-9-32(15-33)10-8-31/h3-6,11-13,15H,7-10,14H2,1-2H3,(H2,25,28,29,30). The van der Waals surface area contributed by atoms with Gasteiger partial charge in [-0.1, -0.05) is 6.07 Å². The average molecular weight is 443 g/mol.